The van der Waals surface area contributed by atoms with Gasteiger partial charge in [0, 0.05) is 38.0 Å². The van der Waals surface area contributed by atoms with E-state index in [0.717, 1.165) is 31.9 Å². The lowest BCUT2D eigenvalue weighted by Crippen LogP contribution is -2.26. The fourth-order valence-electron chi connectivity index (χ4n) is 1.95. The summed E-state index contributed by atoms with van der Waals surface area (Å²) in [7, 11) is 1.74. The summed E-state index contributed by atoms with van der Waals surface area (Å²) in [5, 5.41) is 1.21. The first-order valence-electron chi connectivity index (χ1n) is 5.97. The molecule has 2 aromatic rings. The van der Waals surface area contributed by atoms with Gasteiger partial charge in [-0.1, -0.05) is 6.92 Å². The molecule has 4 nitrogen and oxygen atoms in total. The Morgan fingerprint density at radius 2 is 2.35 bits per heavy atom. The Morgan fingerprint density at radius 1 is 1.47 bits per heavy atom. The molecule has 0 aromatic carbocycles. The molecule has 2 heterocycles. The molecule has 0 unspecified atom stereocenters. The lowest BCUT2D eigenvalue weighted by Gasteiger charge is -2.19. The first-order chi connectivity index (χ1) is 8.35. The minimum Gasteiger partial charge on any atom is -0.383 e. The number of hydrogen-bond donors (Lipinski definition) is 1. The van der Waals surface area contributed by atoms with E-state index in [1.807, 2.05) is 18.5 Å². The topological polar surface area (TPSA) is 41.1 Å². The normalized spacial score (nSPS) is 11.5. The molecule has 0 atom stereocenters. The van der Waals surface area contributed by atoms with Gasteiger partial charge in [0.05, 0.1) is 6.61 Å². The fraction of sp³-hybridized carbons (Fsp3) is 0.462. The van der Waals surface area contributed by atoms with Gasteiger partial charge in [-0.25, -0.2) is 4.98 Å². The second-order valence-electron chi connectivity index (χ2n) is 4.08. The molecule has 0 radical (unpaired) electrons. The summed E-state index contributed by atoms with van der Waals surface area (Å²) in [5.74, 6) is 0. The van der Waals surface area contributed by atoms with Crippen LogP contribution < -0.4 is 0 Å². The summed E-state index contributed by atoms with van der Waals surface area (Å²) in [5.41, 5.74) is 2.26. The highest BCUT2D eigenvalue weighted by Gasteiger charge is 2.08. The average molecular weight is 233 g/mol. The number of aromatic amines is 1. The number of nitrogens with zero attached hydrogens (tertiary/aromatic N) is 2. The Kier molecular flexibility index (Phi) is 4.12. The van der Waals surface area contributed by atoms with Crippen molar-refractivity contribution in [2.75, 3.05) is 26.8 Å². The molecule has 0 aliphatic carbocycles. The number of fused-ring (bicyclic) bond motifs is 1. The lowest BCUT2D eigenvalue weighted by molar-refractivity contribution is 0.147. The van der Waals surface area contributed by atoms with Gasteiger partial charge in [0.1, 0.15) is 5.65 Å². The zero-order valence-corrected chi connectivity index (χ0v) is 10.4. The third kappa shape index (κ3) is 2.84. The molecule has 0 aliphatic heterocycles. The number of likely N-dealkylation sites (N-methyl/N-ethyl adjacent to an activating group) is 1. The van der Waals surface area contributed by atoms with E-state index in [9.17, 15) is 0 Å². The number of aromatic nitrogens is 2. The molecule has 0 bridgehead atoms. The molecule has 0 saturated heterocycles. The molecule has 2 rings (SSSR count). The molecule has 17 heavy (non-hydrogen) atoms. The van der Waals surface area contributed by atoms with Gasteiger partial charge in [0.25, 0.3) is 0 Å². The fourth-order valence-corrected chi connectivity index (χ4v) is 1.95. The number of nitrogens with one attached hydrogen (secondary N) is 1. The van der Waals surface area contributed by atoms with Gasteiger partial charge >= 0.3 is 0 Å². The minimum absolute atomic E-state index is 0.772. The van der Waals surface area contributed by atoms with Gasteiger partial charge in [0.15, 0.2) is 0 Å². The molecule has 2 aromatic heterocycles. The van der Waals surface area contributed by atoms with Crippen molar-refractivity contribution in [1.29, 1.82) is 0 Å². The van der Waals surface area contributed by atoms with E-state index in [1.165, 1.54) is 10.9 Å². The van der Waals surface area contributed by atoms with Crippen molar-refractivity contribution in [3.8, 4) is 0 Å². The molecule has 0 fully saturated rings. The third-order valence-electron chi connectivity index (χ3n) is 2.99. The van der Waals surface area contributed by atoms with Crippen LogP contribution in [0.4, 0.5) is 0 Å². The van der Waals surface area contributed by atoms with Crippen LogP contribution in [-0.4, -0.2) is 41.7 Å². The smallest absolute Gasteiger partial charge is 0.137 e. The maximum Gasteiger partial charge on any atom is 0.137 e. The van der Waals surface area contributed by atoms with Crippen LogP contribution in [0.15, 0.2) is 24.5 Å². The first-order valence-corrected chi connectivity index (χ1v) is 5.97. The molecule has 0 spiro atoms. The van der Waals surface area contributed by atoms with Crippen LogP contribution in [0.3, 0.4) is 0 Å². The van der Waals surface area contributed by atoms with Crippen LogP contribution >= 0.6 is 0 Å². The van der Waals surface area contributed by atoms with E-state index >= 15 is 0 Å². The van der Waals surface area contributed by atoms with Gasteiger partial charge in [-0.3, -0.25) is 4.90 Å². The number of ether oxygens (including phenoxy) is 1. The standard InChI is InChI=1S/C13H19N3O/c1-3-16(7-8-17-2)10-11-9-15-13-12(11)5-4-6-14-13/h4-6,9H,3,7-8,10H2,1-2H3,(H,14,15). The van der Waals surface area contributed by atoms with Crippen molar-refractivity contribution in [2.24, 2.45) is 0 Å². The Labute approximate surface area is 102 Å². The largest absolute Gasteiger partial charge is 0.383 e. The van der Waals surface area contributed by atoms with E-state index in [1.54, 1.807) is 7.11 Å². The third-order valence-corrected chi connectivity index (χ3v) is 2.99. The predicted molar refractivity (Wildman–Crippen MR) is 68.9 cm³/mol. The summed E-state index contributed by atoms with van der Waals surface area (Å²) in [6, 6.07) is 4.09. The van der Waals surface area contributed by atoms with Gasteiger partial charge in [-0.2, -0.15) is 0 Å². The molecule has 0 amide bonds. The molecule has 0 aliphatic rings. The second kappa shape index (κ2) is 5.80. The summed E-state index contributed by atoms with van der Waals surface area (Å²) < 4.78 is 5.12. The van der Waals surface area contributed by atoms with Crippen molar-refractivity contribution in [1.82, 2.24) is 14.9 Å². The van der Waals surface area contributed by atoms with Gasteiger partial charge in [0.2, 0.25) is 0 Å². The highest BCUT2D eigenvalue weighted by Crippen LogP contribution is 2.17. The quantitative estimate of drug-likeness (QED) is 0.830. The van der Waals surface area contributed by atoms with E-state index in [2.05, 4.69) is 27.9 Å². The number of methoxy groups -OCH3 is 1. The van der Waals surface area contributed by atoms with Crippen molar-refractivity contribution in [3.63, 3.8) is 0 Å². The zero-order chi connectivity index (χ0) is 12.1. The Morgan fingerprint density at radius 3 is 3.12 bits per heavy atom. The van der Waals surface area contributed by atoms with Crippen LogP contribution in [0.25, 0.3) is 11.0 Å². The molecule has 4 heteroatoms. The van der Waals surface area contributed by atoms with Crippen molar-refractivity contribution < 1.29 is 4.74 Å². The minimum atomic E-state index is 0.772. The van der Waals surface area contributed by atoms with Crippen LogP contribution in [0.1, 0.15) is 12.5 Å². The summed E-state index contributed by atoms with van der Waals surface area (Å²) >= 11 is 0. The molecule has 1 N–H and O–H groups in total. The number of pyridine rings is 1. The van der Waals surface area contributed by atoms with Gasteiger partial charge in [-0.15, -0.1) is 0 Å². The van der Waals surface area contributed by atoms with Crippen LogP contribution in [0.5, 0.6) is 0 Å². The average Bonchev–Trinajstić information content (AvgIpc) is 2.78. The number of rotatable bonds is 6. The van der Waals surface area contributed by atoms with Crippen LogP contribution in [0, 0.1) is 0 Å². The number of hydrogen-bond acceptors (Lipinski definition) is 3. The SMILES string of the molecule is CCN(CCOC)Cc1c[nH]c2ncccc12. The van der Waals surface area contributed by atoms with E-state index in [0.29, 0.717) is 0 Å². The van der Waals surface area contributed by atoms with E-state index in [-0.39, 0.29) is 0 Å². The van der Waals surface area contributed by atoms with E-state index < -0.39 is 0 Å². The maximum atomic E-state index is 5.12. The van der Waals surface area contributed by atoms with Crippen molar-refractivity contribution >= 4 is 11.0 Å². The monoisotopic (exact) mass is 233 g/mol. The van der Waals surface area contributed by atoms with Crippen LogP contribution in [0.2, 0.25) is 0 Å². The van der Waals surface area contributed by atoms with Crippen molar-refractivity contribution in [2.45, 2.75) is 13.5 Å². The van der Waals surface area contributed by atoms with E-state index in [4.69, 9.17) is 4.74 Å². The second-order valence-corrected chi connectivity index (χ2v) is 4.08. The highest BCUT2D eigenvalue weighted by atomic mass is 16.5. The molecular formula is C13H19N3O. The molecule has 0 saturated carbocycles. The Balaban J connectivity index is 2.11. The highest BCUT2D eigenvalue weighted by molar-refractivity contribution is 5.79. The maximum absolute atomic E-state index is 5.12. The van der Waals surface area contributed by atoms with Crippen LogP contribution in [-0.2, 0) is 11.3 Å². The lowest BCUT2D eigenvalue weighted by atomic mass is 10.2. The number of H-pyrrole nitrogens is 1. The van der Waals surface area contributed by atoms with Crippen molar-refractivity contribution in [3.05, 3.63) is 30.1 Å². The first kappa shape index (κ1) is 12.1. The summed E-state index contributed by atoms with van der Waals surface area (Å²) in [6.07, 6.45) is 3.86. The van der Waals surface area contributed by atoms with Gasteiger partial charge in [-0.05, 0) is 24.2 Å². The van der Waals surface area contributed by atoms with Gasteiger partial charge < -0.3 is 9.72 Å². The Bertz CT molecular complexity index is 466. The summed E-state index contributed by atoms with van der Waals surface area (Å²) in [4.78, 5) is 9.86. The predicted octanol–water partition coefficient (Wildman–Crippen LogP) is 2.03. The molecule has 92 valence electrons. The Hall–Kier alpha value is -1.39. The molecular weight excluding hydrogens is 214 g/mol. The zero-order valence-electron chi connectivity index (χ0n) is 10.4. The summed E-state index contributed by atoms with van der Waals surface area (Å²) in [6.45, 7) is 5.86.